The van der Waals surface area contributed by atoms with E-state index in [2.05, 4.69) is 41.7 Å². The van der Waals surface area contributed by atoms with E-state index in [9.17, 15) is 27.6 Å². The highest BCUT2D eigenvalue weighted by molar-refractivity contribution is 7.98. The van der Waals surface area contributed by atoms with E-state index in [0.29, 0.717) is 29.5 Å². The van der Waals surface area contributed by atoms with Crippen molar-refractivity contribution in [3.8, 4) is 0 Å². The van der Waals surface area contributed by atoms with Crippen LogP contribution in [0.15, 0.2) is 64.4 Å². The van der Waals surface area contributed by atoms with Gasteiger partial charge in [0.15, 0.2) is 0 Å². The molecule has 3 aliphatic carbocycles. The van der Waals surface area contributed by atoms with E-state index >= 15 is 0 Å². The van der Waals surface area contributed by atoms with Crippen molar-refractivity contribution >= 4 is 42.1 Å². The van der Waals surface area contributed by atoms with Crippen LogP contribution in [-0.2, 0) is 37.0 Å². The first-order valence-corrected chi connectivity index (χ1v) is 19.8. The van der Waals surface area contributed by atoms with Crippen LogP contribution in [0.3, 0.4) is 0 Å². The molecule has 7 atom stereocenters. The summed E-state index contributed by atoms with van der Waals surface area (Å²) in [7, 11) is -0.672. The highest BCUT2D eigenvalue weighted by atomic mass is 32.2. The molecule has 2 aliphatic heterocycles. The van der Waals surface area contributed by atoms with Crippen LogP contribution in [0.1, 0.15) is 89.7 Å². The van der Waals surface area contributed by atoms with Crippen molar-refractivity contribution in [2.24, 2.45) is 17.3 Å². The molecule has 3 aromatic rings. The largest absolute Gasteiger partial charge is 0.481 e. The monoisotopic (exact) mass is 765 g/mol. The van der Waals surface area contributed by atoms with Gasteiger partial charge in [0.2, 0.25) is 11.8 Å². The second kappa shape index (κ2) is 14.0. The fourth-order valence-electron chi connectivity index (χ4n) is 9.32. The first-order valence-electron chi connectivity index (χ1n) is 18.6. The predicted octanol–water partition coefficient (Wildman–Crippen LogP) is 6.99. The Morgan fingerprint density at radius 2 is 1.87 bits per heavy atom. The van der Waals surface area contributed by atoms with Crippen LogP contribution in [0, 0.1) is 17.3 Å². The minimum Gasteiger partial charge on any atom is -0.404 e. The van der Waals surface area contributed by atoms with Crippen LogP contribution in [0.25, 0.3) is 0 Å². The van der Waals surface area contributed by atoms with Crippen LogP contribution in [0.2, 0.25) is 0 Å². The lowest BCUT2D eigenvalue weighted by molar-refractivity contribution is -0.199. The summed E-state index contributed by atoms with van der Waals surface area (Å²) in [4.78, 5) is 47.8. The molecule has 0 unspecified atom stereocenters. The zero-order valence-corrected chi connectivity index (χ0v) is 32.2. The van der Waals surface area contributed by atoms with Gasteiger partial charge in [0.1, 0.15) is 17.6 Å². The Morgan fingerprint density at radius 3 is 2.57 bits per heavy atom. The highest BCUT2D eigenvalue weighted by Crippen LogP contribution is 2.65. The van der Waals surface area contributed by atoms with Crippen molar-refractivity contribution < 1.29 is 32.1 Å². The maximum Gasteiger partial charge on any atom is 0.481 e. The van der Waals surface area contributed by atoms with Crippen molar-refractivity contribution in [2.45, 2.75) is 113 Å². The van der Waals surface area contributed by atoms with Gasteiger partial charge < -0.3 is 25.3 Å². The van der Waals surface area contributed by atoms with Crippen molar-refractivity contribution in [1.82, 2.24) is 14.9 Å². The van der Waals surface area contributed by atoms with Crippen molar-refractivity contribution in [2.75, 3.05) is 16.9 Å². The smallest absolute Gasteiger partial charge is 0.404 e. The Kier molecular flexibility index (Phi) is 10.00. The topological polar surface area (TPSA) is 124 Å². The molecule has 54 heavy (non-hydrogen) atoms. The number of hydrogen-bond donors (Lipinski definition) is 3. The number of aromatic nitrogens is 2. The zero-order valence-electron chi connectivity index (χ0n) is 31.4. The summed E-state index contributed by atoms with van der Waals surface area (Å²) in [6.45, 7) is 10.4. The summed E-state index contributed by atoms with van der Waals surface area (Å²) in [6.07, 6.45) is 1.22. The van der Waals surface area contributed by atoms with Gasteiger partial charge in [0.05, 0.1) is 29.4 Å². The van der Waals surface area contributed by atoms with Crippen LogP contribution in [0.5, 0.6) is 0 Å². The number of carbonyl (C=O) groups excluding carboxylic acids is 2. The summed E-state index contributed by atoms with van der Waals surface area (Å²) in [5, 5.41) is 9.01. The van der Waals surface area contributed by atoms with E-state index in [0.717, 1.165) is 29.9 Å². The van der Waals surface area contributed by atoms with E-state index in [1.54, 1.807) is 17.8 Å². The third kappa shape index (κ3) is 6.85. The van der Waals surface area contributed by atoms with Crippen LogP contribution < -0.4 is 21.5 Å². The number of fused-ring (bicyclic) bond motifs is 1. The summed E-state index contributed by atoms with van der Waals surface area (Å²) in [5.41, 5.74) is -1.74. The molecule has 2 amide bonds. The van der Waals surface area contributed by atoms with E-state index in [1.165, 1.54) is 22.9 Å². The number of nitrogens with one attached hydrogen (secondary N) is 3. The number of benzene rings is 2. The lowest BCUT2D eigenvalue weighted by Crippen LogP contribution is -2.65. The number of rotatable bonds is 11. The molecular formula is C39H47BF3N5O5S. The average molecular weight is 766 g/mol. The molecule has 5 aliphatic rings. The van der Waals surface area contributed by atoms with Gasteiger partial charge in [0.25, 0.3) is 5.56 Å². The zero-order chi connectivity index (χ0) is 38.8. The molecule has 8 rings (SSSR count). The van der Waals surface area contributed by atoms with Gasteiger partial charge in [-0.2, -0.15) is 13.2 Å². The summed E-state index contributed by atoms with van der Waals surface area (Å²) < 4.78 is 54.7. The van der Waals surface area contributed by atoms with Crippen LogP contribution >= 0.6 is 11.8 Å². The maximum absolute atomic E-state index is 14.4. The predicted molar refractivity (Wildman–Crippen MR) is 202 cm³/mol. The minimum absolute atomic E-state index is 0.0182. The molecule has 2 bridgehead atoms. The molecule has 10 nitrogen and oxygen atoms in total. The van der Waals surface area contributed by atoms with Gasteiger partial charge in [-0.25, -0.2) is 4.98 Å². The Balaban J connectivity index is 1.15. The Bertz CT molecular complexity index is 2010. The fraction of sp³-hybridized carbons (Fsp3) is 0.538. The third-order valence-electron chi connectivity index (χ3n) is 12.5. The van der Waals surface area contributed by atoms with E-state index in [1.807, 2.05) is 38.3 Å². The fourth-order valence-corrected chi connectivity index (χ4v) is 9.78. The molecular weight excluding hydrogens is 718 g/mol. The van der Waals surface area contributed by atoms with Gasteiger partial charge >= 0.3 is 13.3 Å². The van der Waals surface area contributed by atoms with Gasteiger partial charge in [-0.15, -0.1) is 11.8 Å². The molecule has 2 aromatic carbocycles. The van der Waals surface area contributed by atoms with E-state index in [-0.39, 0.29) is 48.3 Å². The second-order valence-electron chi connectivity index (χ2n) is 16.3. The number of alkyl halides is 3. The molecule has 0 radical (unpaired) electrons. The van der Waals surface area contributed by atoms with Crippen molar-refractivity contribution in [1.29, 1.82) is 0 Å². The summed E-state index contributed by atoms with van der Waals surface area (Å²) >= 11 is 1.55. The van der Waals surface area contributed by atoms with Crippen LogP contribution in [-0.4, -0.2) is 52.4 Å². The minimum atomic E-state index is -4.52. The number of amides is 2. The number of hydrogen-bond acceptors (Lipinski definition) is 8. The molecule has 1 aromatic heterocycles. The SMILES string of the molecule is CC[C@H](NC(=O)[C@@H]1C[C@@](C)(CC(=O)Nc2cccc(SC)c2)c2ncc(NCc3cccc(C(F)(F)F)c3)c(=O)n21)B1O[C@@H]2C[C@@H]3C[C@@H](C3(C)C)[C@]2(C)O1. The van der Waals surface area contributed by atoms with Gasteiger partial charge in [-0.3, -0.25) is 19.0 Å². The van der Waals surface area contributed by atoms with E-state index in [4.69, 9.17) is 9.31 Å². The normalized spacial score (nSPS) is 28.4. The maximum atomic E-state index is 14.4. The van der Waals surface area contributed by atoms with Crippen LogP contribution in [0.4, 0.5) is 24.5 Å². The van der Waals surface area contributed by atoms with Crippen molar-refractivity contribution in [3.05, 3.63) is 82.0 Å². The molecule has 3 heterocycles. The Morgan fingerprint density at radius 1 is 1.11 bits per heavy atom. The van der Waals surface area contributed by atoms with Crippen molar-refractivity contribution in [3.63, 3.8) is 0 Å². The molecule has 288 valence electrons. The number of thioether (sulfide) groups is 1. The first kappa shape index (κ1) is 38.5. The molecule has 1 saturated heterocycles. The molecule has 15 heteroatoms. The molecule has 3 N–H and O–H groups in total. The molecule has 3 saturated carbocycles. The number of halogens is 3. The third-order valence-corrected chi connectivity index (χ3v) is 13.2. The summed E-state index contributed by atoms with van der Waals surface area (Å²) in [5.74, 6) is -0.0695. The van der Waals surface area contributed by atoms with Gasteiger partial charge in [0, 0.05) is 29.0 Å². The van der Waals surface area contributed by atoms with E-state index < -0.39 is 53.3 Å². The number of carbonyl (C=O) groups is 2. The number of nitrogens with zero attached hydrogens (tertiary/aromatic N) is 2. The number of anilines is 2. The molecule has 0 spiro atoms. The quantitative estimate of drug-likeness (QED) is 0.141. The lowest BCUT2D eigenvalue weighted by atomic mass is 9.43. The lowest BCUT2D eigenvalue weighted by Gasteiger charge is -2.64. The van der Waals surface area contributed by atoms with Gasteiger partial charge in [-0.05, 0) is 92.0 Å². The Hall–Kier alpha value is -3.82. The first-order chi connectivity index (χ1) is 25.5. The average Bonchev–Trinajstić information content (AvgIpc) is 3.64. The standard InChI is InChI=1S/C39H47BF3N5O5S/c1-7-31(40-52-30-16-24-15-29(36(24,2)3)38(30,5)53-40)47-33(50)28-18-37(4,19-32(49)46-25-12-9-13-26(17-25)54-6)35-45-21-27(34(51)48(28)35)44-20-22-10-8-11-23(14-22)39(41,42)43/h8-14,17,21,24,28-31,44H,7,15-16,18-20H2,1-6H3,(H,46,49)(H,47,50)/t24-,28-,29-,30+,31-,37-,38-/m0/s1. The highest BCUT2D eigenvalue weighted by Gasteiger charge is 2.68. The second-order valence-corrected chi connectivity index (χ2v) is 17.2. The van der Waals surface area contributed by atoms with Gasteiger partial charge in [-0.1, -0.05) is 45.9 Å². The Labute approximate surface area is 317 Å². The molecule has 4 fully saturated rings. The summed E-state index contributed by atoms with van der Waals surface area (Å²) in [6, 6.07) is 11.3.